The lowest BCUT2D eigenvalue weighted by atomic mass is 10.00. The topological polar surface area (TPSA) is 54.1 Å². The van der Waals surface area contributed by atoms with Gasteiger partial charge in [-0.05, 0) is 32.8 Å². The van der Waals surface area contributed by atoms with Gasteiger partial charge < -0.3 is 14.7 Å². The van der Waals surface area contributed by atoms with Gasteiger partial charge in [-0.3, -0.25) is 0 Å². The van der Waals surface area contributed by atoms with Crippen molar-refractivity contribution >= 4 is 11.8 Å². The van der Waals surface area contributed by atoms with Gasteiger partial charge in [0, 0.05) is 19.1 Å². The van der Waals surface area contributed by atoms with Crippen LogP contribution in [0.25, 0.3) is 4.85 Å². The Morgan fingerprint density at radius 3 is 2.55 bits per heavy atom. The fraction of sp³-hybridized carbons (Fsp3) is 0.529. The molecular weight excluding hydrogens is 280 g/mol. The molecule has 2 rings (SSSR count). The number of rotatable bonds is 2. The molecule has 1 heterocycles. The van der Waals surface area contributed by atoms with Crippen molar-refractivity contribution in [2.24, 2.45) is 5.92 Å². The van der Waals surface area contributed by atoms with Crippen molar-refractivity contribution in [1.82, 2.24) is 4.90 Å². The van der Waals surface area contributed by atoms with E-state index in [2.05, 4.69) is 4.85 Å². The molecule has 5 heteroatoms. The lowest BCUT2D eigenvalue weighted by Gasteiger charge is -2.28. The van der Waals surface area contributed by atoms with Crippen molar-refractivity contribution in [3.05, 3.63) is 41.2 Å². The van der Waals surface area contributed by atoms with Crippen LogP contribution in [0.1, 0.15) is 38.8 Å². The average molecular weight is 302 g/mol. The zero-order valence-corrected chi connectivity index (χ0v) is 13.2. The molecule has 1 saturated heterocycles. The SMILES string of the molecule is [C-]#[N+]c1ccc(C2CC(CO)CN2C(=O)OC(C)(C)C)cc1. The number of carbonyl (C=O) groups is 1. The van der Waals surface area contributed by atoms with Crippen molar-refractivity contribution in [3.63, 3.8) is 0 Å². The second-order valence-corrected chi connectivity index (χ2v) is 6.64. The van der Waals surface area contributed by atoms with Crippen LogP contribution < -0.4 is 0 Å². The van der Waals surface area contributed by atoms with E-state index < -0.39 is 5.60 Å². The van der Waals surface area contributed by atoms with E-state index in [4.69, 9.17) is 11.3 Å². The minimum Gasteiger partial charge on any atom is -0.444 e. The summed E-state index contributed by atoms with van der Waals surface area (Å²) in [4.78, 5) is 17.5. The van der Waals surface area contributed by atoms with Crippen molar-refractivity contribution in [2.45, 2.75) is 38.8 Å². The Morgan fingerprint density at radius 2 is 2.05 bits per heavy atom. The van der Waals surface area contributed by atoms with Crippen LogP contribution in [0.2, 0.25) is 0 Å². The highest BCUT2D eigenvalue weighted by molar-refractivity contribution is 5.69. The second kappa shape index (κ2) is 6.37. The number of likely N-dealkylation sites (tertiary alicyclic amines) is 1. The van der Waals surface area contributed by atoms with Crippen LogP contribution in [-0.2, 0) is 4.74 Å². The largest absolute Gasteiger partial charge is 0.444 e. The number of aliphatic hydroxyl groups is 1. The summed E-state index contributed by atoms with van der Waals surface area (Å²) in [6.45, 7) is 13.0. The Hall–Kier alpha value is -2.06. The molecule has 1 aromatic rings. The number of nitrogens with zero attached hydrogens (tertiary/aromatic N) is 2. The van der Waals surface area contributed by atoms with E-state index in [1.807, 2.05) is 32.9 Å². The monoisotopic (exact) mass is 302 g/mol. The third-order valence-corrected chi connectivity index (χ3v) is 3.68. The first-order valence-corrected chi connectivity index (χ1v) is 7.42. The third-order valence-electron chi connectivity index (χ3n) is 3.68. The first-order valence-electron chi connectivity index (χ1n) is 7.42. The molecule has 0 radical (unpaired) electrons. The van der Waals surface area contributed by atoms with E-state index in [0.717, 1.165) is 5.56 Å². The molecule has 118 valence electrons. The molecule has 5 nitrogen and oxygen atoms in total. The number of aliphatic hydroxyl groups excluding tert-OH is 1. The molecule has 0 bridgehead atoms. The second-order valence-electron chi connectivity index (χ2n) is 6.64. The van der Waals surface area contributed by atoms with Crippen molar-refractivity contribution in [2.75, 3.05) is 13.2 Å². The lowest BCUT2D eigenvalue weighted by molar-refractivity contribution is 0.0216. The summed E-state index contributed by atoms with van der Waals surface area (Å²) in [7, 11) is 0. The Bertz CT molecular complexity index is 569. The number of ether oxygens (including phenoxy) is 1. The van der Waals surface area contributed by atoms with Gasteiger partial charge in [-0.1, -0.05) is 24.3 Å². The van der Waals surface area contributed by atoms with Crippen molar-refractivity contribution < 1.29 is 14.6 Å². The maximum atomic E-state index is 12.4. The molecular formula is C17H22N2O3. The molecule has 22 heavy (non-hydrogen) atoms. The molecule has 1 amide bonds. The maximum absolute atomic E-state index is 12.4. The van der Waals surface area contributed by atoms with Gasteiger partial charge in [-0.2, -0.15) is 0 Å². The third kappa shape index (κ3) is 3.77. The van der Waals surface area contributed by atoms with E-state index in [1.165, 1.54) is 0 Å². The van der Waals surface area contributed by atoms with Crippen LogP contribution in [0.4, 0.5) is 10.5 Å². The summed E-state index contributed by atoms with van der Waals surface area (Å²) in [5.74, 6) is 0.0538. The quantitative estimate of drug-likeness (QED) is 0.850. The van der Waals surface area contributed by atoms with Crippen LogP contribution in [-0.4, -0.2) is 34.9 Å². The zero-order valence-electron chi connectivity index (χ0n) is 13.2. The molecule has 1 fully saturated rings. The maximum Gasteiger partial charge on any atom is 0.410 e. The summed E-state index contributed by atoms with van der Waals surface area (Å²) < 4.78 is 5.47. The molecule has 0 aromatic heterocycles. The predicted molar refractivity (Wildman–Crippen MR) is 83.6 cm³/mol. The summed E-state index contributed by atoms with van der Waals surface area (Å²) >= 11 is 0. The number of benzene rings is 1. The van der Waals surface area contributed by atoms with Gasteiger partial charge in [0.25, 0.3) is 0 Å². The van der Waals surface area contributed by atoms with Crippen LogP contribution >= 0.6 is 0 Å². The fourth-order valence-electron chi connectivity index (χ4n) is 2.66. The smallest absolute Gasteiger partial charge is 0.410 e. The summed E-state index contributed by atoms with van der Waals surface area (Å²) in [5, 5.41) is 9.43. The minimum atomic E-state index is -0.549. The summed E-state index contributed by atoms with van der Waals surface area (Å²) in [6, 6.07) is 7.13. The van der Waals surface area contributed by atoms with Crippen LogP contribution in [0, 0.1) is 12.5 Å². The lowest BCUT2D eigenvalue weighted by Crippen LogP contribution is -2.37. The normalized spacial score (nSPS) is 21.5. The minimum absolute atomic E-state index is 0.0515. The first-order chi connectivity index (χ1) is 10.3. The van der Waals surface area contributed by atoms with Gasteiger partial charge in [-0.15, -0.1) is 0 Å². The number of amides is 1. The Morgan fingerprint density at radius 1 is 1.41 bits per heavy atom. The van der Waals surface area contributed by atoms with E-state index in [9.17, 15) is 9.90 Å². The highest BCUT2D eigenvalue weighted by Gasteiger charge is 2.37. The average Bonchev–Trinajstić information content (AvgIpc) is 2.90. The number of hydrogen-bond donors (Lipinski definition) is 1. The summed E-state index contributed by atoms with van der Waals surface area (Å²) in [6.07, 6.45) is 0.343. The first kappa shape index (κ1) is 16.3. The molecule has 0 spiro atoms. The molecule has 1 aliphatic heterocycles. The Kier molecular flexibility index (Phi) is 4.72. The van der Waals surface area contributed by atoms with Gasteiger partial charge in [-0.25, -0.2) is 9.64 Å². The molecule has 1 aliphatic rings. The zero-order chi connectivity index (χ0) is 16.3. The highest BCUT2D eigenvalue weighted by atomic mass is 16.6. The highest BCUT2D eigenvalue weighted by Crippen LogP contribution is 2.36. The Balaban J connectivity index is 2.22. The molecule has 1 N–H and O–H groups in total. The number of carbonyl (C=O) groups excluding carboxylic acids is 1. The van der Waals surface area contributed by atoms with Gasteiger partial charge in [0.2, 0.25) is 0 Å². The van der Waals surface area contributed by atoms with Crippen LogP contribution in [0.5, 0.6) is 0 Å². The standard InChI is InChI=1S/C17H22N2O3/c1-17(2,3)22-16(21)19-10-12(11-20)9-15(19)13-5-7-14(18-4)8-6-13/h5-8,12,15,20H,9-11H2,1-3H3. The molecule has 1 aromatic carbocycles. The number of hydrogen-bond acceptors (Lipinski definition) is 3. The Labute approximate surface area is 131 Å². The molecule has 0 saturated carbocycles. The molecule has 2 unspecified atom stereocenters. The van der Waals surface area contributed by atoms with Crippen LogP contribution in [0.15, 0.2) is 24.3 Å². The summed E-state index contributed by atoms with van der Waals surface area (Å²) in [5.41, 5.74) is 0.992. The van der Waals surface area contributed by atoms with Crippen LogP contribution in [0.3, 0.4) is 0 Å². The van der Waals surface area contributed by atoms with E-state index in [0.29, 0.717) is 18.7 Å². The van der Waals surface area contributed by atoms with Gasteiger partial charge in [0.15, 0.2) is 5.69 Å². The van der Waals surface area contributed by atoms with E-state index in [1.54, 1.807) is 17.0 Å². The predicted octanol–water partition coefficient (Wildman–Crippen LogP) is 3.53. The van der Waals surface area contributed by atoms with Gasteiger partial charge in [0.1, 0.15) is 5.60 Å². The van der Waals surface area contributed by atoms with Crippen molar-refractivity contribution in [3.8, 4) is 0 Å². The van der Waals surface area contributed by atoms with Gasteiger partial charge >= 0.3 is 6.09 Å². The van der Waals surface area contributed by atoms with Gasteiger partial charge in [0.05, 0.1) is 12.6 Å². The van der Waals surface area contributed by atoms with E-state index in [-0.39, 0.29) is 24.7 Å². The van der Waals surface area contributed by atoms with Crippen molar-refractivity contribution in [1.29, 1.82) is 0 Å². The fourth-order valence-corrected chi connectivity index (χ4v) is 2.66. The molecule has 2 atom stereocenters. The molecule has 0 aliphatic carbocycles. The van der Waals surface area contributed by atoms with E-state index >= 15 is 0 Å².